The highest BCUT2D eigenvalue weighted by molar-refractivity contribution is 9.10. The first-order valence-electron chi connectivity index (χ1n) is 8.86. The lowest BCUT2D eigenvalue weighted by Crippen LogP contribution is -2.45. The van der Waals surface area contributed by atoms with Crippen molar-refractivity contribution in [2.75, 3.05) is 26.0 Å². The molecule has 2 amide bonds. The number of pyridine rings is 1. The van der Waals surface area contributed by atoms with E-state index in [1.807, 2.05) is 0 Å². The highest BCUT2D eigenvalue weighted by atomic mass is 79.9. The Balaban J connectivity index is 1.81. The molecule has 0 radical (unpaired) electrons. The lowest BCUT2D eigenvalue weighted by Gasteiger charge is -2.23. The molecule has 0 fully saturated rings. The van der Waals surface area contributed by atoms with Crippen molar-refractivity contribution in [1.82, 2.24) is 15.2 Å². The van der Waals surface area contributed by atoms with Crippen LogP contribution in [0.2, 0.25) is 0 Å². The van der Waals surface area contributed by atoms with Crippen molar-refractivity contribution < 1.29 is 19.1 Å². The van der Waals surface area contributed by atoms with E-state index >= 15 is 0 Å². The van der Waals surface area contributed by atoms with Crippen LogP contribution in [0, 0.1) is 0 Å². The second kappa shape index (κ2) is 10.7. The molecule has 0 aliphatic rings. The van der Waals surface area contributed by atoms with E-state index in [9.17, 15) is 14.4 Å². The molecule has 2 N–H and O–H groups in total. The van der Waals surface area contributed by atoms with Gasteiger partial charge < -0.3 is 15.4 Å². The predicted octanol–water partition coefficient (Wildman–Crippen LogP) is 2.21. The maximum absolute atomic E-state index is 12.4. The van der Waals surface area contributed by atoms with E-state index in [2.05, 4.69) is 36.3 Å². The highest BCUT2D eigenvalue weighted by Gasteiger charge is 2.20. The third-order valence-electron chi connectivity index (χ3n) is 4.27. The van der Waals surface area contributed by atoms with Crippen LogP contribution >= 0.6 is 15.9 Å². The standard InChI is InChI=1S/C20H23BrN4O4/c1-13(25(2)12-18(26)24-17-9-8-16(21)11-22-17)19(27)23-10-14-4-6-15(7-5-14)20(28)29-3/h4-9,11,13H,10,12H2,1-3H3,(H,23,27)(H,22,24,26). The van der Waals surface area contributed by atoms with Gasteiger partial charge in [-0.25, -0.2) is 9.78 Å². The summed E-state index contributed by atoms with van der Waals surface area (Å²) >= 11 is 3.28. The molecule has 0 saturated carbocycles. The van der Waals surface area contributed by atoms with Gasteiger partial charge >= 0.3 is 5.97 Å². The van der Waals surface area contributed by atoms with Crippen LogP contribution in [0.25, 0.3) is 0 Å². The van der Waals surface area contributed by atoms with E-state index in [-0.39, 0.29) is 18.4 Å². The Bertz CT molecular complexity index is 856. The van der Waals surface area contributed by atoms with Gasteiger partial charge in [0.1, 0.15) is 5.82 Å². The Morgan fingerprint density at radius 1 is 1.17 bits per heavy atom. The quantitative estimate of drug-likeness (QED) is 0.583. The average molecular weight is 463 g/mol. The monoisotopic (exact) mass is 462 g/mol. The van der Waals surface area contributed by atoms with E-state index < -0.39 is 12.0 Å². The summed E-state index contributed by atoms with van der Waals surface area (Å²) in [7, 11) is 3.02. The molecular formula is C20H23BrN4O4. The number of carbonyl (C=O) groups is 3. The minimum absolute atomic E-state index is 0.0418. The molecule has 29 heavy (non-hydrogen) atoms. The number of likely N-dealkylation sites (N-methyl/N-ethyl adjacent to an activating group) is 1. The molecule has 0 saturated heterocycles. The van der Waals surface area contributed by atoms with Gasteiger partial charge in [0.25, 0.3) is 0 Å². The number of amides is 2. The van der Waals surface area contributed by atoms with E-state index in [1.165, 1.54) is 7.11 Å². The first-order chi connectivity index (χ1) is 13.8. The summed E-state index contributed by atoms with van der Waals surface area (Å²) in [6.07, 6.45) is 1.59. The minimum Gasteiger partial charge on any atom is -0.465 e. The maximum Gasteiger partial charge on any atom is 0.337 e. The number of rotatable bonds is 8. The smallest absolute Gasteiger partial charge is 0.337 e. The van der Waals surface area contributed by atoms with Crippen LogP contribution in [-0.2, 0) is 20.9 Å². The summed E-state index contributed by atoms with van der Waals surface area (Å²) in [6, 6.07) is 9.74. The molecule has 154 valence electrons. The third-order valence-corrected chi connectivity index (χ3v) is 4.74. The van der Waals surface area contributed by atoms with Crippen molar-refractivity contribution in [3.8, 4) is 0 Å². The fourth-order valence-corrected chi connectivity index (χ4v) is 2.64. The van der Waals surface area contributed by atoms with Crippen molar-refractivity contribution in [3.05, 3.63) is 58.2 Å². The molecule has 0 bridgehead atoms. The van der Waals surface area contributed by atoms with Crippen LogP contribution in [0.15, 0.2) is 47.1 Å². The molecule has 1 heterocycles. The molecule has 1 unspecified atom stereocenters. The van der Waals surface area contributed by atoms with E-state index in [0.717, 1.165) is 10.0 Å². The van der Waals surface area contributed by atoms with Crippen LogP contribution in [0.3, 0.4) is 0 Å². The number of hydrogen-bond donors (Lipinski definition) is 2. The van der Waals surface area contributed by atoms with Crippen molar-refractivity contribution in [1.29, 1.82) is 0 Å². The Morgan fingerprint density at radius 2 is 1.86 bits per heavy atom. The largest absolute Gasteiger partial charge is 0.465 e. The molecular weight excluding hydrogens is 440 g/mol. The molecule has 1 aromatic heterocycles. The zero-order valence-corrected chi connectivity index (χ0v) is 18.0. The van der Waals surface area contributed by atoms with Crippen molar-refractivity contribution in [3.63, 3.8) is 0 Å². The molecule has 0 aliphatic heterocycles. The average Bonchev–Trinajstić information content (AvgIpc) is 2.72. The number of halogens is 1. The van der Waals surface area contributed by atoms with Gasteiger partial charge in [0.15, 0.2) is 0 Å². The molecule has 2 aromatic rings. The van der Waals surface area contributed by atoms with Gasteiger partial charge in [-0.15, -0.1) is 0 Å². The van der Waals surface area contributed by atoms with Gasteiger partial charge in [-0.3, -0.25) is 14.5 Å². The molecule has 8 nitrogen and oxygen atoms in total. The van der Waals surface area contributed by atoms with Crippen LogP contribution in [0.4, 0.5) is 5.82 Å². The van der Waals surface area contributed by atoms with Gasteiger partial charge in [0, 0.05) is 17.2 Å². The van der Waals surface area contributed by atoms with Gasteiger partial charge in [-0.05, 0) is 59.7 Å². The number of benzene rings is 1. The van der Waals surface area contributed by atoms with E-state index in [4.69, 9.17) is 0 Å². The third kappa shape index (κ3) is 6.95. The fourth-order valence-electron chi connectivity index (χ4n) is 2.41. The molecule has 0 spiro atoms. The molecule has 9 heteroatoms. The molecule has 1 aromatic carbocycles. The van der Waals surface area contributed by atoms with Gasteiger partial charge in [-0.1, -0.05) is 12.1 Å². The number of nitrogens with one attached hydrogen (secondary N) is 2. The number of hydrogen-bond acceptors (Lipinski definition) is 6. The van der Waals surface area contributed by atoms with Gasteiger partial charge in [-0.2, -0.15) is 0 Å². The van der Waals surface area contributed by atoms with Crippen molar-refractivity contribution in [2.45, 2.75) is 19.5 Å². The van der Waals surface area contributed by atoms with Gasteiger partial charge in [0.05, 0.1) is 25.3 Å². The second-order valence-corrected chi connectivity index (χ2v) is 7.32. The maximum atomic E-state index is 12.4. The van der Waals surface area contributed by atoms with Crippen LogP contribution in [0.5, 0.6) is 0 Å². The Morgan fingerprint density at radius 3 is 2.45 bits per heavy atom. The number of aromatic nitrogens is 1. The first-order valence-corrected chi connectivity index (χ1v) is 9.66. The van der Waals surface area contributed by atoms with Crippen LogP contribution in [-0.4, -0.2) is 54.4 Å². The van der Waals surface area contributed by atoms with E-state index in [0.29, 0.717) is 17.9 Å². The summed E-state index contributed by atoms with van der Waals surface area (Å²) < 4.78 is 5.47. The summed E-state index contributed by atoms with van der Waals surface area (Å²) in [6.45, 7) is 2.08. The summed E-state index contributed by atoms with van der Waals surface area (Å²) in [5, 5.41) is 5.51. The fraction of sp³-hybridized carbons (Fsp3) is 0.300. The SMILES string of the molecule is COC(=O)c1ccc(CNC(=O)C(C)N(C)CC(=O)Nc2ccc(Br)cn2)cc1. The molecule has 2 rings (SSSR count). The summed E-state index contributed by atoms with van der Waals surface area (Å²) in [5.41, 5.74) is 1.29. The van der Waals surface area contributed by atoms with E-state index in [1.54, 1.807) is 61.5 Å². The van der Waals surface area contributed by atoms with Gasteiger partial charge in [0.2, 0.25) is 11.8 Å². The van der Waals surface area contributed by atoms with Crippen molar-refractivity contribution in [2.24, 2.45) is 0 Å². The van der Waals surface area contributed by atoms with Crippen molar-refractivity contribution >= 4 is 39.5 Å². The first kappa shape index (κ1) is 22.5. The zero-order valence-electron chi connectivity index (χ0n) is 16.4. The number of anilines is 1. The Hall–Kier alpha value is -2.78. The minimum atomic E-state index is -0.507. The predicted molar refractivity (Wildman–Crippen MR) is 112 cm³/mol. The number of ether oxygens (including phenoxy) is 1. The second-order valence-electron chi connectivity index (χ2n) is 6.41. The van der Waals surface area contributed by atoms with Crippen LogP contribution < -0.4 is 10.6 Å². The Kier molecular flexibility index (Phi) is 8.29. The zero-order chi connectivity index (χ0) is 21.4. The lowest BCUT2D eigenvalue weighted by atomic mass is 10.1. The molecule has 1 atom stereocenters. The molecule has 0 aliphatic carbocycles. The number of carbonyl (C=O) groups excluding carboxylic acids is 3. The number of nitrogens with zero attached hydrogens (tertiary/aromatic N) is 2. The Labute approximate surface area is 177 Å². The number of methoxy groups -OCH3 is 1. The number of esters is 1. The highest BCUT2D eigenvalue weighted by Crippen LogP contribution is 2.10. The summed E-state index contributed by atoms with van der Waals surface area (Å²) in [4.78, 5) is 41.7. The normalized spacial score (nSPS) is 11.6. The topological polar surface area (TPSA) is 101 Å². The lowest BCUT2D eigenvalue weighted by molar-refractivity contribution is -0.126. The van der Waals surface area contributed by atoms with Crippen LogP contribution in [0.1, 0.15) is 22.8 Å². The summed E-state index contributed by atoms with van der Waals surface area (Å²) in [5.74, 6) is -0.439.